The van der Waals surface area contributed by atoms with Crippen molar-refractivity contribution in [2.24, 2.45) is 0 Å². The number of aryl methyl sites for hydroxylation is 1. The molecule has 1 atom stereocenters. The summed E-state index contributed by atoms with van der Waals surface area (Å²) in [6.07, 6.45) is 0.955. The fourth-order valence-electron chi connectivity index (χ4n) is 3.22. The molecule has 0 saturated heterocycles. The Kier molecular flexibility index (Phi) is 6.57. The van der Waals surface area contributed by atoms with Crippen LogP contribution in [0.15, 0.2) is 83.8 Å². The summed E-state index contributed by atoms with van der Waals surface area (Å²) in [5.41, 5.74) is 2.85. The summed E-state index contributed by atoms with van der Waals surface area (Å²) in [4.78, 5) is 13.2. The topological polar surface area (TPSA) is 66.5 Å². The second-order valence-electron chi connectivity index (χ2n) is 7.09. The Labute approximate surface area is 178 Å². The molecule has 0 aliphatic carbocycles. The predicted octanol–water partition coefficient (Wildman–Crippen LogP) is 4.57. The minimum atomic E-state index is -3.78. The summed E-state index contributed by atoms with van der Waals surface area (Å²) in [5, 5.41) is 2.98. The lowest BCUT2D eigenvalue weighted by Gasteiger charge is -2.23. The van der Waals surface area contributed by atoms with Crippen molar-refractivity contribution >= 4 is 21.6 Å². The van der Waals surface area contributed by atoms with Crippen LogP contribution in [0.25, 0.3) is 0 Å². The maximum Gasteiger partial charge on any atom is 0.264 e. The molecule has 0 saturated carbocycles. The number of para-hydroxylation sites is 1. The maximum absolute atomic E-state index is 13.0. The number of sulfonamides is 1. The fraction of sp³-hybridized carbons (Fsp3) is 0.208. The zero-order valence-electron chi connectivity index (χ0n) is 17.4. The SMILES string of the molecule is CCc1ccc([C@@H](C)NC(=O)c2ccccc2N(C)S(=O)(=O)c2ccccc2)cc1. The van der Waals surface area contributed by atoms with Crippen LogP contribution in [0.4, 0.5) is 5.69 Å². The average Bonchev–Trinajstić information content (AvgIpc) is 2.79. The highest BCUT2D eigenvalue weighted by atomic mass is 32.2. The maximum atomic E-state index is 13.0. The predicted molar refractivity (Wildman–Crippen MR) is 120 cm³/mol. The third-order valence-corrected chi connectivity index (χ3v) is 6.91. The number of carbonyl (C=O) groups excluding carboxylic acids is 1. The quantitative estimate of drug-likeness (QED) is 0.607. The lowest BCUT2D eigenvalue weighted by atomic mass is 10.0. The number of anilines is 1. The molecule has 5 nitrogen and oxygen atoms in total. The highest BCUT2D eigenvalue weighted by molar-refractivity contribution is 7.92. The number of amides is 1. The van der Waals surface area contributed by atoms with Crippen LogP contribution in [0.2, 0.25) is 0 Å². The molecule has 0 unspecified atom stereocenters. The summed E-state index contributed by atoms with van der Waals surface area (Å²) in [7, 11) is -2.32. The fourth-order valence-corrected chi connectivity index (χ4v) is 4.46. The Bertz CT molecular complexity index is 1110. The zero-order valence-corrected chi connectivity index (χ0v) is 18.2. The van der Waals surface area contributed by atoms with Crippen molar-refractivity contribution in [2.45, 2.75) is 31.2 Å². The summed E-state index contributed by atoms with van der Waals surface area (Å²) in [6, 6.07) is 22.8. The van der Waals surface area contributed by atoms with Crippen molar-refractivity contribution in [3.63, 3.8) is 0 Å². The van der Waals surface area contributed by atoms with E-state index in [2.05, 4.69) is 12.2 Å². The van der Waals surface area contributed by atoms with Crippen molar-refractivity contribution < 1.29 is 13.2 Å². The Morgan fingerprint density at radius 2 is 1.53 bits per heavy atom. The van der Waals surface area contributed by atoms with E-state index in [-0.39, 0.29) is 16.8 Å². The van der Waals surface area contributed by atoms with Crippen molar-refractivity contribution in [1.29, 1.82) is 0 Å². The van der Waals surface area contributed by atoms with Crippen LogP contribution in [0.5, 0.6) is 0 Å². The van der Waals surface area contributed by atoms with Crippen molar-refractivity contribution in [3.05, 3.63) is 95.6 Å². The molecule has 0 heterocycles. The molecule has 1 amide bonds. The Hall–Kier alpha value is -3.12. The van der Waals surface area contributed by atoms with Gasteiger partial charge in [-0.2, -0.15) is 0 Å². The second kappa shape index (κ2) is 9.13. The highest BCUT2D eigenvalue weighted by Crippen LogP contribution is 2.26. The first-order chi connectivity index (χ1) is 14.3. The Balaban J connectivity index is 1.86. The van der Waals surface area contributed by atoms with E-state index in [1.54, 1.807) is 42.5 Å². The zero-order chi connectivity index (χ0) is 21.7. The molecular weight excluding hydrogens is 396 g/mol. The summed E-state index contributed by atoms with van der Waals surface area (Å²) in [5.74, 6) is -0.326. The normalized spacial score (nSPS) is 12.2. The summed E-state index contributed by atoms with van der Waals surface area (Å²) in [6.45, 7) is 4.00. The van der Waals surface area contributed by atoms with Crippen molar-refractivity contribution in [1.82, 2.24) is 5.32 Å². The number of benzene rings is 3. The number of hydrogen-bond donors (Lipinski definition) is 1. The van der Waals surface area contributed by atoms with Crippen LogP contribution in [0.1, 0.15) is 41.4 Å². The van der Waals surface area contributed by atoms with Gasteiger partial charge in [0.1, 0.15) is 0 Å². The van der Waals surface area contributed by atoms with Gasteiger partial charge < -0.3 is 5.32 Å². The molecular formula is C24H26N2O3S. The largest absolute Gasteiger partial charge is 0.345 e. The first-order valence-electron chi connectivity index (χ1n) is 9.87. The molecule has 0 aliphatic rings. The van der Waals surface area contributed by atoms with E-state index in [1.165, 1.54) is 24.7 Å². The lowest BCUT2D eigenvalue weighted by molar-refractivity contribution is 0.0940. The number of rotatable bonds is 7. The van der Waals surface area contributed by atoms with Crippen LogP contribution in [-0.4, -0.2) is 21.4 Å². The smallest absolute Gasteiger partial charge is 0.264 e. The molecule has 1 N–H and O–H groups in total. The molecule has 0 aliphatic heterocycles. The monoisotopic (exact) mass is 422 g/mol. The summed E-state index contributed by atoms with van der Waals surface area (Å²) >= 11 is 0. The first kappa shape index (κ1) is 21.6. The molecule has 0 radical (unpaired) electrons. The van der Waals surface area contributed by atoms with Crippen molar-refractivity contribution in [3.8, 4) is 0 Å². The van der Waals surface area contributed by atoms with Gasteiger partial charge in [-0.3, -0.25) is 9.10 Å². The van der Waals surface area contributed by atoms with Gasteiger partial charge in [0.15, 0.2) is 0 Å². The van der Waals surface area contributed by atoms with E-state index in [0.29, 0.717) is 11.3 Å². The molecule has 0 fully saturated rings. The van der Waals surface area contributed by atoms with Crippen molar-refractivity contribution in [2.75, 3.05) is 11.4 Å². The molecule has 3 aromatic carbocycles. The molecule has 3 rings (SSSR count). The third-order valence-electron chi connectivity index (χ3n) is 5.13. The molecule has 0 bridgehead atoms. The van der Waals surface area contributed by atoms with E-state index in [0.717, 1.165) is 16.3 Å². The van der Waals surface area contributed by atoms with Crippen LogP contribution >= 0.6 is 0 Å². The standard InChI is InChI=1S/C24H26N2O3S/c1-4-19-14-16-20(17-15-19)18(2)25-24(27)22-12-8-9-13-23(22)26(3)30(28,29)21-10-6-5-7-11-21/h5-18H,4H2,1-3H3,(H,25,27)/t18-/m1/s1. The van der Waals surface area contributed by atoms with Gasteiger partial charge >= 0.3 is 0 Å². The van der Waals surface area contributed by atoms with E-state index < -0.39 is 10.0 Å². The number of nitrogens with one attached hydrogen (secondary N) is 1. The Morgan fingerprint density at radius 1 is 0.933 bits per heavy atom. The molecule has 0 aromatic heterocycles. The third kappa shape index (κ3) is 4.54. The first-order valence-corrected chi connectivity index (χ1v) is 11.3. The van der Waals surface area contributed by atoms with Gasteiger partial charge in [-0.1, -0.05) is 61.5 Å². The van der Waals surface area contributed by atoms with Crippen LogP contribution in [0.3, 0.4) is 0 Å². The highest BCUT2D eigenvalue weighted by Gasteiger charge is 2.25. The van der Waals surface area contributed by atoms with E-state index in [9.17, 15) is 13.2 Å². The minimum Gasteiger partial charge on any atom is -0.345 e. The van der Waals surface area contributed by atoms with Gasteiger partial charge in [0, 0.05) is 7.05 Å². The van der Waals surface area contributed by atoms with Gasteiger partial charge in [0.05, 0.1) is 22.2 Å². The van der Waals surface area contributed by atoms with Crippen LogP contribution < -0.4 is 9.62 Å². The van der Waals surface area contributed by atoms with Crippen LogP contribution in [-0.2, 0) is 16.4 Å². The second-order valence-corrected chi connectivity index (χ2v) is 9.06. The van der Waals surface area contributed by atoms with Gasteiger partial charge in [-0.15, -0.1) is 0 Å². The van der Waals surface area contributed by atoms with Gasteiger partial charge in [0.25, 0.3) is 15.9 Å². The van der Waals surface area contributed by atoms with E-state index in [1.807, 2.05) is 31.2 Å². The minimum absolute atomic E-state index is 0.173. The van der Waals surface area contributed by atoms with Gasteiger partial charge in [-0.05, 0) is 48.7 Å². The van der Waals surface area contributed by atoms with E-state index >= 15 is 0 Å². The molecule has 30 heavy (non-hydrogen) atoms. The van der Waals surface area contributed by atoms with Gasteiger partial charge in [-0.25, -0.2) is 8.42 Å². The molecule has 6 heteroatoms. The Morgan fingerprint density at radius 3 is 2.17 bits per heavy atom. The van der Waals surface area contributed by atoms with Gasteiger partial charge in [0.2, 0.25) is 0 Å². The molecule has 0 spiro atoms. The average molecular weight is 423 g/mol. The molecule has 3 aromatic rings. The summed E-state index contributed by atoms with van der Waals surface area (Å²) < 4.78 is 27.2. The number of carbonyl (C=O) groups is 1. The number of hydrogen-bond acceptors (Lipinski definition) is 3. The van der Waals surface area contributed by atoms with E-state index in [4.69, 9.17) is 0 Å². The van der Waals surface area contributed by atoms with Crippen LogP contribution in [0, 0.1) is 0 Å². The molecule has 156 valence electrons. The lowest BCUT2D eigenvalue weighted by Crippen LogP contribution is -2.31. The number of nitrogens with zero attached hydrogens (tertiary/aromatic N) is 1.